The maximum absolute atomic E-state index is 12.5. The fourth-order valence-electron chi connectivity index (χ4n) is 2.50. The van der Waals surface area contributed by atoms with Gasteiger partial charge in [-0.3, -0.25) is 9.59 Å². The number of hydrogen-bond donors (Lipinski definition) is 0. The van der Waals surface area contributed by atoms with Crippen LogP contribution in [0.2, 0.25) is 10.0 Å². The normalized spacial score (nSPS) is 18.1. The number of halogens is 2. The van der Waals surface area contributed by atoms with Gasteiger partial charge in [-0.05, 0) is 36.2 Å². The first kappa shape index (κ1) is 15.0. The van der Waals surface area contributed by atoms with E-state index in [2.05, 4.69) is 4.98 Å². The van der Waals surface area contributed by atoms with Gasteiger partial charge < -0.3 is 0 Å². The zero-order valence-corrected chi connectivity index (χ0v) is 13.0. The average Bonchev–Trinajstić information content (AvgIpc) is 2.77. The lowest BCUT2D eigenvalue weighted by molar-refractivity contribution is -0.122. The number of carbonyl (C=O) groups excluding carboxylic acids is 2. The van der Waals surface area contributed by atoms with E-state index in [0.717, 1.165) is 10.5 Å². The zero-order chi connectivity index (χ0) is 15.7. The van der Waals surface area contributed by atoms with Gasteiger partial charge in [-0.2, -0.15) is 0 Å². The third-order valence-corrected chi connectivity index (χ3v) is 4.05. The van der Waals surface area contributed by atoms with Crippen molar-refractivity contribution in [3.05, 3.63) is 58.2 Å². The Balaban J connectivity index is 1.79. The molecular weight excluding hydrogens is 323 g/mol. The number of imide groups is 1. The van der Waals surface area contributed by atoms with Crippen LogP contribution in [0.5, 0.6) is 0 Å². The summed E-state index contributed by atoms with van der Waals surface area (Å²) in [4.78, 5) is 29.8. The van der Waals surface area contributed by atoms with Gasteiger partial charge in [-0.1, -0.05) is 35.3 Å². The van der Waals surface area contributed by atoms with Gasteiger partial charge in [0.1, 0.15) is 5.82 Å². The highest BCUT2D eigenvalue weighted by Crippen LogP contribution is 2.28. The van der Waals surface area contributed by atoms with Crippen LogP contribution < -0.4 is 4.90 Å². The highest BCUT2D eigenvalue weighted by atomic mass is 35.5. The second-order valence-corrected chi connectivity index (χ2v) is 6.01. The Morgan fingerprint density at radius 1 is 1.05 bits per heavy atom. The van der Waals surface area contributed by atoms with E-state index in [1.807, 2.05) is 12.1 Å². The third kappa shape index (κ3) is 2.98. The number of anilines is 1. The molecule has 1 saturated heterocycles. The molecule has 1 aromatic carbocycles. The van der Waals surface area contributed by atoms with Crippen LogP contribution in [0.1, 0.15) is 12.0 Å². The van der Waals surface area contributed by atoms with E-state index in [1.165, 1.54) is 6.20 Å². The molecule has 0 bridgehead atoms. The average molecular weight is 335 g/mol. The molecule has 112 valence electrons. The smallest absolute Gasteiger partial charge is 0.238 e. The molecule has 2 heterocycles. The Kier molecular flexibility index (Phi) is 4.14. The first-order chi connectivity index (χ1) is 10.5. The van der Waals surface area contributed by atoms with E-state index in [0.29, 0.717) is 22.3 Å². The van der Waals surface area contributed by atoms with Gasteiger partial charge >= 0.3 is 0 Å². The summed E-state index contributed by atoms with van der Waals surface area (Å²) in [5.74, 6) is -0.516. The van der Waals surface area contributed by atoms with Gasteiger partial charge in [0.05, 0.1) is 10.9 Å². The quantitative estimate of drug-likeness (QED) is 0.807. The second kappa shape index (κ2) is 6.07. The van der Waals surface area contributed by atoms with Crippen LogP contribution in [0.25, 0.3) is 0 Å². The number of pyridine rings is 1. The summed E-state index contributed by atoms with van der Waals surface area (Å²) in [6.45, 7) is 0. The molecular formula is C16H12Cl2N2O2. The molecule has 4 nitrogen and oxygen atoms in total. The molecule has 0 radical (unpaired) electrons. The van der Waals surface area contributed by atoms with Crippen LogP contribution in [0.4, 0.5) is 5.82 Å². The van der Waals surface area contributed by atoms with Gasteiger partial charge in [0.15, 0.2) is 0 Å². The van der Waals surface area contributed by atoms with Gasteiger partial charge in [0, 0.05) is 17.6 Å². The van der Waals surface area contributed by atoms with Crippen molar-refractivity contribution in [2.75, 3.05) is 4.90 Å². The number of rotatable bonds is 3. The first-order valence-corrected chi connectivity index (χ1v) is 7.53. The minimum atomic E-state index is -0.369. The highest BCUT2D eigenvalue weighted by molar-refractivity contribution is 6.30. The number of amides is 2. The topological polar surface area (TPSA) is 50.3 Å². The fraction of sp³-hybridized carbons (Fsp3) is 0.188. The van der Waals surface area contributed by atoms with Crippen LogP contribution in [0.15, 0.2) is 42.6 Å². The number of carbonyl (C=O) groups is 2. The molecule has 3 rings (SSSR count). The lowest BCUT2D eigenvalue weighted by Crippen LogP contribution is -2.31. The molecule has 2 aromatic rings. The summed E-state index contributed by atoms with van der Waals surface area (Å²) in [6, 6.07) is 10.5. The Morgan fingerprint density at radius 2 is 1.73 bits per heavy atom. The van der Waals surface area contributed by atoms with Gasteiger partial charge in [-0.15, -0.1) is 0 Å². The lowest BCUT2D eigenvalue weighted by atomic mass is 9.98. The minimum Gasteiger partial charge on any atom is -0.274 e. The Morgan fingerprint density at radius 3 is 2.36 bits per heavy atom. The predicted octanol–water partition coefficient (Wildman–Crippen LogP) is 3.51. The summed E-state index contributed by atoms with van der Waals surface area (Å²) in [7, 11) is 0. The molecule has 1 aliphatic heterocycles. The molecule has 0 saturated carbocycles. The zero-order valence-electron chi connectivity index (χ0n) is 11.5. The maximum atomic E-state index is 12.5. The Hall–Kier alpha value is -1.91. The molecule has 6 heteroatoms. The van der Waals surface area contributed by atoms with Crippen molar-refractivity contribution >= 4 is 40.8 Å². The van der Waals surface area contributed by atoms with Crippen LogP contribution in [0.3, 0.4) is 0 Å². The second-order valence-electron chi connectivity index (χ2n) is 5.13. The maximum Gasteiger partial charge on any atom is 0.238 e. The number of nitrogens with zero attached hydrogens (tertiary/aromatic N) is 2. The summed E-state index contributed by atoms with van der Waals surface area (Å²) < 4.78 is 0. The van der Waals surface area contributed by atoms with Crippen molar-refractivity contribution in [3.63, 3.8) is 0 Å². The van der Waals surface area contributed by atoms with E-state index >= 15 is 0 Å². The Labute approximate surface area is 137 Å². The van der Waals surface area contributed by atoms with Crippen molar-refractivity contribution in [2.24, 2.45) is 5.92 Å². The number of hydrogen-bond acceptors (Lipinski definition) is 3. The highest BCUT2D eigenvalue weighted by Gasteiger charge is 2.39. The van der Waals surface area contributed by atoms with E-state index in [-0.39, 0.29) is 24.2 Å². The summed E-state index contributed by atoms with van der Waals surface area (Å²) >= 11 is 11.6. The first-order valence-electron chi connectivity index (χ1n) is 6.77. The molecule has 1 unspecified atom stereocenters. The Bertz CT molecular complexity index is 714. The van der Waals surface area contributed by atoms with Crippen molar-refractivity contribution in [2.45, 2.75) is 12.8 Å². The fourth-order valence-corrected chi connectivity index (χ4v) is 2.74. The number of aromatic nitrogens is 1. The van der Waals surface area contributed by atoms with E-state index in [1.54, 1.807) is 24.3 Å². The van der Waals surface area contributed by atoms with Gasteiger partial charge in [-0.25, -0.2) is 9.88 Å². The molecule has 22 heavy (non-hydrogen) atoms. The molecule has 0 N–H and O–H groups in total. The van der Waals surface area contributed by atoms with E-state index in [9.17, 15) is 9.59 Å². The van der Waals surface area contributed by atoms with Crippen molar-refractivity contribution < 1.29 is 9.59 Å². The molecule has 1 atom stereocenters. The van der Waals surface area contributed by atoms with E-state index < -0.39 is 0 Å². The van der Waals surface area contributed by atoms with Crippen LogP contribution >= 0.6 is 23.2 Å². The third-order valence-electron chi connectivity index (χ3n) is 3.58. The lowest BCUT2D eigenvalue weighted by Gasteiger charge is -2.14. The van der Waals surface area contributed by atoms with Crippen molar-refractivity contribution in [3.8, 4) is 0 Å². The van der Waals surface area contributed by atoms with E-state index in [4.69, 9.17) is 23.2 Å². The largest absolute Gasteiger partial charge is 0.274 e. The molecule has 2 amide bonds. The summed E-state index contributed by atoms with van der Waals surface area (Å²) in [5.41, 5.74) is 0.974. The minimum absolute atomic E-state index is 0.186. The molecule has 1 fully saturated rings. The monoisotopic (exact) mass is 334 g/mol. The van der Waals surface area contributed by atoms with Crippen molar-refractivity contribution in [1.29, 1.82) is 0 Å². The predicted molar refractivity (Wildman–Crippen MR) is 85.0 cm³/mol. The summed E-state index contributed by atoms with van der Waals surface area (Å²) in [5, 5.41) is 1.10. The summed E-state index contributed by atoms with van der Waals surface area (Å²) in [6.07, 6.45) is 2.11. The molecule has 0 aliphatic carbocycles. The van der Waals surface area contributed by atoms with Gasteiger partial charge in [0.2, 0.25) is 11.8 Å². The van der Waals surface area contributed by atoms with Crippen LogP contribution in [0, 0.1) is 5.92 Å². The molecule has 0 spiro atoms. The standard InChI is InChI=1S/C16H12Cl2N2O2/c17-12-3-1-10(2-4-12)7-11-8-15(21)20(16(11)22)14-6-5-13(18)9-19-14/h1-6,9,11H,7-8H2. The SMILES string of the molecule is O=C1CC(Cc2ccc(Cl)cc2)C(=O)N1c1ccc(Cl)cn1. The molecule has 1 aliphatic rings. The van der Waals surface area contributed by atoms with Crippen LogP contribution in [-0.2, 0) is 16.0 Å². The molecule has 1 aromatic heterocycles. The number of benzene rings is 1. The van der Waals surface area contributed by atoms with Gasteiger partial charge in [0.25, 0.3) is 0 Å². The van der Waals surface area contributed by atoms with Crippen molar-refractivity contribution in [1.82, 2.24) is 4.98 Å². The van der Waals surface area contributed by atoms with Crippen LogP contribution in [-0.4, -0.2) is 16.8 Å².